The second-order valence-corrected chi connectivity index (χ2v) is 12.5. The lowest BCUT2D eigenvalue weighted by Gasteiger charge is -2.14. The molecule has 0 fully saturated rings. The zero-order valence-electron chi connectivity index (χ0n) is 24.3. The lowest BCUT2D eigenvalue weighted by atomic mass is 10.1. The van der Waals surface area contributed by atoms with Gasteiger partial charge in [0.05, 0.1) is 9.68 Å². The summed E-state index contributed by atoms with van der Waals surface area (Å²) in [6, 6.07) is 0. The second-order valence-electron chi connectivity index (χ2n) is 10.7. The molecule has 1 atom stereocenters. The van der Waals surface area contributed by atoms with E-state index in [-0.39, 0.29) is 9.89 Å². The zero-order valence-corrected chi connectivity index (χ0v) is 26.4. The highest BCUT2D eigenvalue weighted by atomic mass is 127. The second kappa shape index (κ2) is 29.3. The average Bonchev–Trinajstić information content (AvgIpc) is 2.88. The van der Waals surface area contributed by atoms with Crippen molar-refractivity contribution in [2.24, 2.45) is 0 Å². The van der Waals surface area contributed by atoms with E-state index in [1.807, 2.05) is 0 Å². The summed E-state index contributed by atoms with van der Waals surface area (Å²) in [6.07, 6.45) is 30.6. The van der Waals surface area contributed by atoms with Crippen molar-refractivity contribution in [1.29, 1.82) is 0 Å². The molecular weight excluding hydrogens is 559 g/mol. The Bertz CT molecular complexity index is 438. The molecule has 1 unspecified atom stereocenters. The third-order valence-corrected chi connectivity index (χ3v) is 7.66. The normalized spacial score (nSPS) is 12.0. The van der Waals surface area contributed by atoms with Gasteiger partial charge in [-0.2, -0.15) is 0 Å². The molecule has 0 spiro atoms. The van der Waals surface area contributed by atoms with Gasteiger partial charge in [0.1, 0.15) is 13.2 Å². The van der Waals surface area contributed by atoms with Crippen LogP contribution in [0.3, 0.4) is 0 Å². The molecule has 36 heavy (non-hydrogen) atoms. The monoisotopic (exact) mass is 620 g/mol. The van der Waals surface area contributed by atoms with Crippen LogP contribution in [0.25, 0.3) is 0 Å². The molecule has 0 aliphatic heterocycles. The molecule has 0 bridgehead atoms. The summed E-state index contributed by atoms with van der Waals surface area (Å²) in [7, 11) is 0. The lowest BCUT2D eigenvalue weighted by molar-refractivity contribution is -0.143. The smallest absolute Gasteiger partial charge is 0.305 e. The Labute approximate surface area is 239 Å². The van der Waals surface area contributed by atoms with Gasteiger partial charge < -0.3 is 9.47 Å². The van der Waals surface area contributed by atoms with Gasteiger partial charge in [-0.3, -0.25) is 4.79 Å². The van der Waals surface area contributed by atoms with E-state index in [1.54, 1.807) is 0 Å². The number of allylic oxidation sites excluding steroid dienone is 1. The van der Waals surface area contributed by atoms with Crippen molar-refractivity contribution < 1.29 is 14.3 Å². The molecule has 3 nitrogen and oxygen atoms in total. The third-order valence-electron chi connectivity index (χ3n) is 6.94. The van der Waals surface area contributed by atoms with Crippen LogP contribution in [0.15, 0.2) is 12.3 Å². The standard InChI is InChI=1S/C32H61IO3/c1-4-6-8-10-12-14-16-18-20-22-24-26-30(3)35-28-31(33)29-36-32(34)27-25-23-21-19-17-15-13-11-9-7-5-2/h31H,3-29H2,1-2H3. The van der Waals surface area contributed by atoms with Crippen LogP contribution in [0.1, 0.15) is 168 Å². The zero-order chi connectivity index (χ0) is 26.5. The molecule has 0 rings (SSSR count). The highest BCUT2D eigenvalue weighted by molar-refractivity contribution is 14.1. The average molecular weight is 621 g/mol. The minimum Gasteiger partial charge on any atom is -0.497 e. The van der Waals surface area contributed by atoms with Crippen molar-refractivity contribution in [3.05, 3.63) is 12.3 Å². The van der Waals surface area contributed by atoms with Crippen molar-refractivity contribution in [3.63, 3.8) is 0 Å². The minimum atomic E-state index is -0.0626. The van der Waals surface area contributed by atoms with Crippen LogP contribution >= 0.6 is 22.6 Å². The topological polar surface area (TPSA) is 35.5 Å². The van der Waals surface area contributed by atoms with Crippen LogP contribution in [0.4, 0.5) is 0 Å². The van der Waals surface area contributed by atoms with E-state index in [9.17, 15) is 4.79 Å². The van der Waals surface area contributed by atoms with E-state index >= 15 is 0 Å². The van der Waals surface area contributed by atoms with Gasteiger partial charge >= 0.3 is 5.97 Å². The summed E-state index contributed by atoms with van der Waals surface area (Å²) in [5.41, 5.74) is 0. The Morgan fingerprint density at radius 3 is 1.31 bits per heavy atom. The van der Waals surface area contributed by atoms with E-state index in [2.05, 4.69) is 43.0 Å². The molecule has 0 aromatic heterocycles. The first-order valence-corrected chi connectivity index (χ1v) is 16.9. The summed E-state index contributed by atoms with van der Waals surface area (Å²) in [5, 5.41) is 0. The summed E-state index contributed by atoms with van der Waals surface area (Å²) in [4.78, 5) is 12.0. The van der Waals surface area contributed by atoms with E-state index < -0.39 is 0 Å². The van der Waals surface area contributed by atoms with Gasteiger partial charge in [-0.05, 0) is 12.8 Å². The predicted molar refractivity (Wildman–Crippen MR) is 166 cm³/mol. The van der Waals surface area contributed by atoms with Crippen molar-refractivity contribution >= 4 is 28.6 Å². The van der Waals surface area contributed by atoms with Gasteiger partial charge in [0, 0.05) is 12.8 Å². The van der Waals surface area contributed by atoms with Gasteiger partial charge in [-0.1, -0.05) is 171 Å². The maximum absolute atomic E-state index is 12.0. The number of carbonyl (C=O) groups is 1. The van der Waals surface area contributed by atoms with Crippen LogP contribution in [-0.4, -0.2) is 23.1 Å². The number of ether oxygens (including phenoxy) is 2. The van der Waals surface area contributed by atoms with Crippen LogP contribution in [0.2, 0.25) is 0 Å². The number of esters is 1. The molecule has 0 saturated carbocycles. The van der Waals surface area contributed by atoms with E-state index in [0.717, 1.165) is 31.4 Å². The molecule has 0 N–H and O–H groups in total. The maximum atomic E-state index is 12.0. The molecule has 0 aliphatic rings. The first-order valence-electron chi connectivity index (χ1n) is 15.7. The van der Waals surface area contributed by atoms with Crippen LogP contribution in [0.5, 0.6) is 0 Å². The molecule has 214 valence electrons. The molecule has 0 aliphatic carbocycles. The molecule has 0 amide bonds. The van der Waals surface area contributed by atoms with E-state index in [4.69, 9.17) is 9.47 Å². The van der Waals surface area contributed by atoms with Gasteiger partial charge in [0.15, 0.2) is 0 Å². The number of carbonyl (C=O) groups excluding carboxylic acids is 1. The summed E-state index contributed by atoms with van der Waals surface area (Å²) in [6.45, 7) is 9.61. The largest absolute Gasteiger partial charge is 0.497 e. The molecule has 0 aromatic rings. The minimum absolute atomic E-state index is 0.0626. The Balaban J connectivity index is 3.42. The number of halogens is 1. The van der Waals surface area contributed by atoms with Crippen molar-refractivity contribution in [2.75, 3.05) is 13.2 Å². The highest BCUT2D eigenvalue weighted by Gasteiger charge is 2.10. The molecule has 0 saturated heterocycles. The number of rotatable bonds is 29. The molecular formula is C32H61IO3. The SMILES string of the molecule is C=C(CCCCCCCCCCCCC)OCC(I)COC(=O)CCCCCCCCCCCCC. The van der Waals surface area contributed by atoms with Crippen molar-refractivity contribution in [2.45, 2.75) is 172 Å². The van der Waals surface area contributed by atoms with Gasteiger partial charge in [0.2, 0.25) is 0 Å². The fourth-order valence-corrected chi connectivity index (χ4v) is 4.86. The third kappa shape index (κ3) is 28.3. The quantitative estimate of drug-likeness (QED) is 0.0274. The number of alkyl halides is 1. The molecule has 4 heteroatoms. The van der Waals surface area contributed by atoms with Gasteiger partial charge in [-0.25, -0.2) is 0 Å². The highest BCUT2D eigenvalue weighted by Crippen LogP contribution is 2.16. The number of hydrogen-bond donors (Lipinski definition) is 0. The van der Waals surface area contributed by atoms with Crippen molar-refractivity contribution in [1.82, 2.24) is 0 Å². The Morgan fingerprint density at radius 1 is 0.556 bits per heavy atom. The van der Waals surface area contributed by atoms with Crippen LogP contribution in [0, 0.1) is 0 Å². The fourth-order valence-electron chi connectivity index (χ4n) is 4.50. The first kappa shape index (κ1) is 35.7. The molecule has 0 aromatic carbocycles. The molecule has 0 heterocycles. The summed E-state index contributed by atoms with van der Waals surface area (Å²) < 4.78 is 11.4. The Morgan fingerprint density at radius 2 is 0.889 bits per heavy atom. The van der Waals surface area contributed by atoms with Crippen molar-refractivity contribution in [3.8, 4) is 0 Å². The maximum Gasteiger partial charge on any atom is 0.305 e. The lowest BCUT2D eigenvalue weighted by Crippen LogP contribution is -2.18. The van der Waals surface area contributed by atoms with E-state index in [0.29, 0.717) is 19.6 Å². The Hall–Kier alpha value is -0.260. The Kier molecular flexibility index (Phi) is 29.1. The van der Waals surface area contributed by atoms with Gasteiger partial charge in [-0.15, -0.1) is 0 Å². The van der Waals surface area contributed by atoms with Gasteiger partial charge in [0.25, 0.3) is 0 Å². The predicted octanol–water partition coefficient (Wildman–Crippen LogP) is 11.3. The number of unbranched alkanes of at least 4 members (excludes halogenated alkanes) is 20. The first-order chi connectivity index (χ1) is 17.6. The fraction of sp³-hybridized carbons (Fsp3) is 0.906. The molecule has 0 radical (unpaired) electrons. The van der Waals surface area contributed by atoms with Crippen LogP contribution in [-0.2, 0) is 14.3 Å². The van der Waals surface area contributed by atoms with E-state index in [1.165, 1.54) is 122 Å². The van der Waals surface area contributed by atoms with Crippen LogP contribution < -0.4 is 0 Å². The summed E-state index contributed by atoms with van der Waals surface area (Å²) in [5.74, 6) is 0.812. The summed E-state index contributed by atoms with van der Waals surface area (Å²) >= 11 is 2.31. The number of hydrogen-bond acceptors (Lipinski definition) is 3.